The van der Waals surface area contributed by atoms with Gasteiger partial charge in [0, 0.05) is 6.54 Å². The van der Waals surface area contributed by atoms with Crippen molar-refractivity contribution in [2.24, 2.45) is 0 Å². The van der Waals surface area contributed by atoms with Gasteiger partial charge in [0.25, 0.3) is 0 Å². The molecule has 1 heterocycles. The van der Waals surface area contributed by atoms with Crippen molar-refractivity contribution in [3.8, 4) is 0 Å². The minimum Gasteiger partial charge on any atom is -0.393 e. The van der Waals surface area contributed by atoms with Crippen molar-refractivity contribution in [2.75, 3.05) is 19.7 Å². The molecule has 1 aliphatic heterocycles. The lowest BCUT2D eigenvalue weighted by atomic mass is 9.93. The molecular weight excluding hydrogens is 160 g/mol. The normalized spacial score (nSPS) is 30.3. The zero-order valence-corrected chi connectivity index (χ0v) is 6.79. The molecule has 0 saturated carbocycles. The fourth-order valence-corrected chi connectivity index (χ4v) is 1.40. The number of aliphatic hydroxyl groups is 1. The molecule has 5 heteroatoms. The van der Waals surface area contributed by atoms with Gasteiger partial charge in [-0.3, -0.25) is 4.79 Å². The van der Waals surface area contributed by atoms with Crippen LogP contribution in [0.25, 0.3) is 0 Å². The lowest BCUT2D eigenvalue weighted by Crippen LogP contribution is -2.49. The Morgan fingerprint density at radius 3 is 2.92 bits per heavy atom. The van der Waals surface area contributed by atoms with Crippen molar-refractivity contribution >= 4 is 13.7 Å². The summed E-state index contributed by atoms with van der Waals surface area (Å²) < 4.78 is 13.4. The van der Waals surface area contributed by atoms with E-state index in [-0.39, 0.29) is 6.54 Å². The van der Waals surface area contributed by atoms with E-state index in [0.29, 0.717) is 19.4 Å². The highest BCUT2D eigenvalue weighted by Gasteiger charge is 2.35. The number of rotatable bonds is 1. The maximum atomic E-state index is 13.4. The number of nitrogens with zero attached hydrogens (tertiary/aromatic N) is 1. The zero-order valence-electron chi connectivity index (χ0n) is 6.79. The average Bonchev–Trinajstić information content (AvgIpc) is 2.05. The van der Waals surface area contributed by atoms with Gasteiger partial charge in [-0.15, -0.1) is 0 Å². The molecule has 0 unspecified atom stereocenters. The topological polar surface area (TPSA) is 40.5 Å². The standard InChI is InChI=1S/C7H11BFNO2/c8-6(12)10-3-1-2-7(9,4-10)5-11/h11H,1-5H2/t7-/m0/s1. The van der Waals surface area contributed by atoms with E-state index in [9.17, 15) is 9.18 Å². The minimum atomic E-state index is -1.65. The maximum Gasteiger partial charge on any atom is 0.200 e. The van der Waals surface area contributed by atoms with Gasteiger partial charge in [-0.1, -0.05) is 0 Å². The summed E-state index contributed by atoms with van der Waals surface area (Å²) in [7, 11) is 4.98. The second kappa shape index (κ2) is 3.43. The van der Waals surface area contributed by atoms with Gasteiger partial charge in [0.15, 0.2) is 11.5 Å². The van der Waals surface area contributed by atoms with E-state index in [0.717, 1.165) is 0 Å². The van der Waals surface area contributed by atoms with E-state index in [4.69, 9.17) is 13.0 Å². The summed E-state index contributed by atoms with van der Waals surface area (Å²) >= 11 is 0. The van der Waals surface area contributed by atoms with Gasteiger partial charge in [-0.25, -0.2) is 4.39 Å². The second-order valence-corrected chi connectivity index (χ2v) is 3.17. The predicted molar refractivity (Wildman–Crippen MR) is 42.9 cm³/mol. The summed E-state index contributed by atoms with van der Waals surface area (Å²) in [6, 6.07) is 0. The van der Waals surface area contributed by atoms with Crippen LogP contribution < -0.4 is 0 Å². The number of aliphatic hydroxyl groups excluding tert-OH is 1. The molecule has 0 spiro atoms. The molecular formula is C7H11BFNO2. The Morgan fingerprint density at radius 2 is 2.42 bits per heavy atom. The van der Waals surface area contributed by atoms with Gasteiger partial charge in [0.2, 0.25) is 7.85 Å². The Kier molecular flexibility index (Phi) is 2.72. The van der Waals surface area contributed by atoms with E-state index in [1.54, 1.807) is 0 Å². The van der Waals surface area contributed by atoms with Gasteiger partial charge in [-0.2, -0.15) is 0 Å². The third-order valence-electron chi connectivity index (χ3n) is 2.12. The van der Waals surface area contributed by atoms with Crippen molar-refractivity contribution < 1.29 is 14.3 Å². The van der Waals surface area contributed by atoms with E-state index in [1.807, 2.05) is 0 Å². The third-order valence-corrected chi connectivity index (χ3v) is 2.12. The number of carbonyl (C=O) groups excluding carboxylic acids is 1. The Labute approximate surface area is 72.0 Å². The van der Waals surface area contributed by atoms with Crippen LogP contribution in [0.3, 0.4) is 0 Å². The number of likely N-dealkylation sites (tertiary alicyclic amines) is 1. The van der Waals surface area contributed by atoms with E-state index in [2.05, 4.69) is 0 Å². The molecule has 0 bridgehead atoms. The molecule has 0 aromatic carbocycles. The number of carbonyl (C=O) groups is 1. The molecule has 0 aromatic heterocycles. The Morgan fingerprint density at radius 1 is 1.75 bits per heavy atom. The number of hydrogen-bond acceptors (Lipinski definition) is 2. The molecule has 1 saturated heterocycles. The molecule has 1 aliphatic rings. The molecule has 1 amide bonds. The predicted octanol–water partition coefficient (Wildman–Crippen LogP) is 0.0713. The summed E-state index contributed by atoms with van der Waals surface area (Å²) in [6.45, 7) is -0.142. The van der Waals surface area contributed by atoms with Crippen LogP contribution in [0.5, 0.6) is 0 Å². The fraction of sp³-hybridized carbons (Fsp3) is 0.857. The molecule has 2 radical (unpaired) electrons. The minimum absolute atomic E-state index is 0.0845. The molecule has 1 fully saturated rings. The number of amides is 1. The van der Waals surface area contributed by atoms with Crippen LogP contribution in [0.4, 0.5) is 9.18 Å². The molecule has 1 atom stereocenters. The molecule has 66 valence electrons. The van der Waals surface area contributed by atoms with Gasteiger partial charge in [0.05, 0.1) is 13.2 Å². The number of hydrogen-bond donors (Lipinski definition) is 1. The quantitative estimate of drug-likeness (QED) is 0.567. The van der Waals surface area contributed by atoms with Gasteiger partial charge in [0.1, 0.15) is 0 Å². The monoisotopic (exact) mass is 171 g/mol. The van der Waals surface area contributed by atoms with Crippen LogP contribution in [0.1, 0.15) is 12.8 Å². The Hall–Kier alpha value is -0.575. The van der Waals surface area contributed by atoms with Gasteiger partial charge in [-0.05, 0) is 12.8 Å². The first-order valence-corrected chi connectivity index (χ1v) is 3.91. The highest BCUT2D eigenvalue weighted by atomic mass is 19.1. The van der Waals surface area contributed by atoms with Crippen LogP contribution in [0, 0.1) is 0 Å². The van der Waals surface area contributed by atoms with Crippen LogP contribution in [-0.4, -0.2) is 49.0 Å². The summed E-state index contributed by atoms with van der Waals surface area (Å²) in [5.41, 5.74) is -1.65. The highest BCUT2D eigenvalue weighted by molar-refractivity contribution is 6.56. The second-order valence-electron chi connectivity index (χ2n) is 3.17. The third kappa shape index (κ3) is 1.97. The summed E-state index contributed by atoms with van der Waals surface area (Å²) in [5, 5.41) is 8.70. The van der Waals surface area contributed by atoms with Crippen molar-refractivity contribution in [3.05, 3.63) is 0 Å². The first-order chi connectivity index (χ1) is 5.57. The zero-order chi connectivity index (χ0) is 9.19. The smallest absolute Gasteiger partial charge is 0.200 e. The molecule has 12 heavy (non-hydrogen) atoms. The average molecular weight is 171 g/mol. The van der Waals surface area contributed by atoms with Crippen molar-refractivity contribution in [3.63, 3.8) is 0 Å². The lowest BCUT2D eigenvalue weighted by Gasteiger charge is -2.36. The Bertz CT molecular complexity index is 190. The maximum absolute atomic E-state index is 13.4. The molecule has 0 aliphatic carbocycles. The fourth-order valence-electron chi connectivity index (χ4n) is 1.40. The van der Waals surface area contributed by atoms with E-state index >= 15 is 0 Å². The van der Waals surface area contributed by atoms with Crippen LogP contribution in [-0.2, 0) is 0 Å². The number of piperidine rings is 1. The van der Waals surface area contributed by atoms with E-state index in [1.165, 1.54) is 4.90 Å². The van der Waals surface area contributed by atoms with Crippen LogP contribution in [0.2, 0.25) is 0 Å². The first-order valence-electron chi connectivity index (χ1n) is 3.91. The lowest BCUT2D eigenvalue weighted by molar-refractivity contribution is 0.0150. The molecule has 3 nitrogen and oxygen atoms in total. The number of halogens is 1. The van der Waals surface area contributed by atoms with Crippen molar-refractivity contribution in [2.45, 2.75) is 18.5 Å². The summed E-state index contributed by atoms with van der Waals surface area (Å²) in [4.78, 5) is 11.9. The molecule has 1 N–H and O–H groups in total. The molecule has 1 rings (SSSR count). The van der Waals surface area contributed by atoms with Gasteiger partial charge < -0.3 is 10.0 Å². The number of alkyl halides is 1. The van der Waals surface area contributed by atoms with E-state index < -0.39 is 18.1 Å². The highest BCUT2D eigenvalue weighted by Crippen LogP contribution is 2.24. The van der Waals surface area contributed by atoms with Crippen molar-refractivity contribution in [1.29, 1.82) is 0 Å². The summed E-state index contributed by atoms with van der Waals surface area (Å²) in [5.74, 6) is -0.620. The van der Waals surface area contributed by atoms with Gasteiger partial charge >= 0.3 is 0 Å². The molecule has 0 aromatic rings. The largest absolute Gasteiger partial charge is 0.393 e. The SMILES string of the molecule is [B]C(=O)N1CCC[C@@](F)(CO)C1. The van der Waals surface area contributed by atoms with Crippen LogP contribution in [0.15, 0.2) is 0 Å². The summed E-state index contributed by atoms with van der Waals surface area (Å²) in [6.07, 6.45) is 0.854. The first kappa shape index (κ1) is 9.51. The van der Waals surface area contributed by atoms with Crippen molar-refractivity contribution in [1.82, 2.24) is 4.90 Å². The van der Waals surface area contributed by atoms with Crippen LogP contribution >= 0.6 is 0 Å². The Balaban J connectivity index is 2.57.